The van der Waals surface area contributed by atoms with Crippen LogP contribution in [0.3, 0.4) is 0 Å². The number of nitriles is 1. The Balaban J connectivity index is 1.69. The number of aliphatic hydroxyl groups is 2. The average molecular weight is 315 g/mol. The fourth-order valence-electron chi connectivity index (χ4n) is 6.91. The Morgan fingerprint density at radius 2 is 1.83 bits per heavy atom. The summed E-state index contributed by atoms with van der Waals surface area (Å²) in [5.74, 6) is 1.78. The third-order valence-corrected chi connectivity index (χ3v) is 8.43. The van der Waals surface area contributed by atoms with Crippen molar-refractivity contribution in [3.8, 4) is 6.07 Å². The average Bonchev–Trinajstić information content (AvgIpc) is 2.80. The highest BCUT2D eigenvalue weighted by atomic mass is 16.3. The molecule has 7 atom stereocenters. The van der Waals surface area contributed by atoms with Crippen molar-refractivity contribution in [3.63, 3.8) is 0 Å². The summed E-state index contributed by atoms with van der Waals surface area (Å²) in [5, 5.41) is 30.4. The van der Waals surface area contributed by atoms with Gasteiger partial charge >= 0.3 is 0 Å². The highest BCUT2D eigenvalue weighted by Gasteiger charge is 2.64. The maximum absolute atomic E-state index is 10.9. The van der Waals surface area contributed by atoms with Crippen molar-refractivity contribution in [1.29, 1.82) is 5.26 Å². The number of nitrogens with zero attached hydrogens (tertiary/aromatic N) is 1. The molecule has 4 aliphatic carbocycles. The van der Waals surface area contributed by atoms with Crippen molar-refractivity contribution < 1.29 is 10.2 Å². The van der Waals surface area contributed by atoms with Crippen molar-refractivity contribution in [1.82, 2.24) is 0 Å². The summed E-state index contributed by atoms with van der Waals surface area (Å²) in [6.45, 7) is 4.58. The molecule has 0 bridgehead atoms. The van der Waals surface area contributed by atoms with Gasteiger partial charge in [0.2, 0.25) is 0 Å². The first-order chi connectivity index (χ1) is 10.8. The molecule has 0 aliphatic heterocycles. The van der Waals surface area contributed by atoms with Gasteiger partial charge in [0, 0.05) is 5.41 Å². The molecule has 0 amide bonds. The minimum atomic E-state index is -1.12. The molecule has 23 heavy (non-hydrogen) atoms. The third kappa shape index (κ3) is 1.88. The molecule has 126 valence electrons. The van der Waals surface area contributed by atoms with Crippen LogP contribution in [0.2, 0.25) is 0 Å². The predicted octanol–water partition coefficient (Wildman–Crippen LogP) is 3.56. The van der Waals surface area contributed by atoms with Crippen molar-refractivity contribution in [3.05, 3.63) is 11.6 Å². The summed E-state index contributed by atoms with van der Waals surface area (Å²) in [7, 11) is 0. The van der Waals surface area contributed by atoms with Crippen LogP contribution in [-0.4, -0.2) is 21.9 Å². The number of rotatable bonds is 0. The Morgan fingerprint density at radius 3 is 2.57 bits per heavy atom. The van der Waals surface area contributed by atoms with Gasteiger partial charge in [-0.2, -0.15) is 5.26 Å². The van der Waals surface area contributed by atoms with E-state index in [-0.39, 0.29) is 16.9 Å². The lowest BCUT2D eigenvalue weighted by molar-refractivity contribution is -0.102. The zero-order valence-electron chi connectivity index (χ0n) is 14.4. The van der Waals surface area contributed by atoms with Crippen LogP contribution in [0.25, 0.3) is 0 Å². The first-order valence-corrected chi connectivity index (χ1v) is 9.37. The molecule has 2 unspecified atom stereocenters. The summed E-state index contributed by atoms with van der Waals surface area (Å²) in [4.78, 5) is 0. The molecule has 3 fully saturated rings. The minimum Gasteiger partial charge on any atom is -0.389 e. The molecule has 4 rings (SSSR count). The first-order valence-electron chi connectivity index (χ1n) is 9.37. The summed E-state index contributed by atoms with van der Waals surface area (Å²) in [6.07, 6.45) is 9.84. The Labute approximate surface area is 139 Å². The Bertz CT molecular complexity index is 593. The lowest BCUT2D eigenvalue weighted by Gasteiger charge is -2.58. The zero-order valence-corrected chi connectivity index (χ0v) is 14.4. The van der Waals surface area contributed by atoms with Gasteiger partial charge in [-0.15, -0.1) is 0 Å². The second kappa shape index (κ2) is 4.83. The van der Waals surface area contributed by atoms with Crippen LogP contribution in [0, 0.1) is 39.9 Å². The predicted molar refractivity (Wildman–Crippen MR) is 88.3 cm³/mol. The molecule has 0 aromatic carbocycles. The molecule has 0 heterocycles. The molecule has 0 spiro atoms. The van der Waals surface area contributed by atoms with Crippen molar-refractivity contribution in [2.45, 2.75) is 76.9 Å². The maximum Gasteiger partial charge on any atom is 0.156 e. The largest absolute Gasteiger partial charge is 0.389 e. The summed E-state index contributed by atoms with van der Waals surface area (Å²) in [6, 6.07) is 2.26. The molecule has 0 radical (unpaired) electrons. The lowest BCUT2D eigenvalue weighted by atomic mass is 9.46. The smallest absolute Gasteiger partial charge is 0.156 e. The van der Waals surface area contributed by atoms with E-state index >= 15 is 0 Å². The van der Waals surface area contributed by atoms with Gasteiger partial charge < -0.3 is 10.2 Å². The van der Waals surface area contributed by atoms with Crippen molar-refractivity contribution in [2.24, 2.45) is 28.6 Å². The Morgan fingerprint density at radius 1 is 1.09 bits per heavy atom. The number of allylic oxidation sites excluding steroid dienone is 1. The number of hydrogen-bond donors (Lipinski definition) is 2. The van der Waals surface area contributed by atoms with E-state index < -0.39 is 5.60 Å². The quantitative estimate of drug-likeness (QED) is 0.530. The van der Waals surface area contributed by atoms with Crippen molar-refractivity contribution in [2.75, 3.05) is 0 Å². The molecule has 3 saturated carbocycles. The lowest BCUT2D eigenvalue weighted by Crippen LogP contribution is -2.54. The Kier molecular flexibility index (Phi) is 3.29. The van der Waals surface area contributed by atoms with Gasteiger partial charge in [-0.3, -0.25) is 0 Å². The van der Waals surface area contributed by atoms with Crippen LogP contribution >= 0.6 is 0 Å². The molecule has 2 N–H and O–H groups in total. The second-order valence-corrected chi connectivity index (χ2v) is 9.10. The van der Waals surface area contributed by atoms with E-state index in [1.165, 1.54) is 12.0 Å². The highest BCUT2D eigenvalue weighted by Crippen LogP contribution is 2.67. The van der Waals surface area contributed by atoms with Crippen LogP contribution in [0.5, 0.6) is 0 Å². The van der Waals surface area contributed by atoms with E-state index in [1.807, 2.05) is 0 Å². The van der Waals surface area contributed by atoms with Gasteiger partial charge in [-0.1, -0.05) is 25.5 Å². The summed E-state index contributed by atoms with van der Waals surface area (Å²) in [5.41, 5.74) is 0.364. The summed E-state index contributed by atoms with van der Waals surface area (Å²) >= 11 is 0. The van der Waals surface area contributed by atoms with Crippen LogP contribution < -0.4 is 0 Å². The molecule has 0 aromatic heterocycles. The second-order valence-electron chi connectivity index (χ2n) is 9.10. The van der Waals surface area contributed by atoms with Gasteiger partial charge in [-0.05, 0) is 74.5 Å². The minimum absolute atomic E-state index is 0.228. The fraction of sp³-hybridized carbons (Fsp3) is 0.850. The van der Waals surface area contributed by atoms with Crippen LogP contribution in [0.15, 0.2) is 11.6 Å². The number of hydrogen-bond acceptors (Lipinski definition) is 3. The van der Waals surface area contributed by atoms with Crippen LogP contribution in [-0.2, 0) is 0 Å². The topological polar surface area (TPSA) is 64.2 Å². The number of fused-ring (bicyclic) bond motifs is 5. The van der Waals surface area contributed by atoms with Gasteiger partial charge in [-0.25, -0.2) is 0 Å². The normalized spacial score (nSPS) is 55.2. The Hall–Kier alpha value is -0.850. The van der Waals surface area contributed by atoms with Gasteiger partial charge in [0.25, 0.3) is 0 Å². The van der Waals surface area contributed by atoms with E-state index in [9.17, 15) is 15.5 Å². The van der Waals surface area contributed by atoms with E-state index in [1.54, 1.807) is 0 Å². The van der Waals surface area contributed by atoms with Crippen molar-refractivity contribution >= 4 is 0 Å². The highest BCUT2D eigenvalue weighted by molar-refractivity contribution is 5.27. The molecule has 0 aromatic rings. The molecule has 3 nitrogen and oxygen atoms in total. The molecule has 4 aliphatic rings. The third-order valence-electron chi connectivity index (χ3n) is 8.43. The summed E-state index contributed by atoms with van der Waals surface area (Å²) < 4.78 is 0. The molecular weight excluding hydrogens is 286 g/mol. The SMILES string of the molecule is C[C@]12CCC(O)C=C1CC[C@@H]1[C@@H]2CC[C@@]2(C)[C@H]1CCC2(O)C#N. The molecular formula is C20H29NO2. The molecule has 0 saturated heterocycles. The van der Waals surface area contributed by atoms with Gasteiger partial charge in [0.15, 0.2) is 5.60 Å². The first kappa shape index (κ1) is 15.7. The molecule has 3 heteroatoms. The number of aliphatic hydroxyl groups excluding tert-OH is 1. The zero-order chi connectivity index (χ0) is 16.5. The van der Waals surface area contributed by atoms with E-state index in [4.69, 9.17) is 0 Å². The van der Waals surface area contributed by atoms with Gasteiger partial charge in [0.05, 0.1) is 12.2 Å². The van der Waals surface area contributed by atoms with Gasteiger partial charge in [0.1, 0.15) is 0 Å². The standard InChI is InChI=1S/C20H29NO2/c1-18-8-5-14(22)11-13(18)3-4-15-16(18)6-9-19(2)17(15)7-10-20(19,23)12-21/h11,14-17,22-23H,3-10H2,1-2H3/t14?,15-,16+,17+,18+,19+,20?/m1/s1. The maximum atomic E-state index is 10.9. The van der Waals surface area contributed by atoms with E-state index in [0.29, 0.717) is 24.2 Å². The van der Waals surface area contributed by atoms with Crippen LogP contribution in [0.4, 0.5) is 0 Å². The monoisotopic (exact) mass is 315 g/mol. The van der Waals surface area contributed by atoms with Crippen LogP contribution in [0.1, 0.15) is 65.2 Å². The van der Waals surface area contributed by atoms with E-state index in [0.717, 1.165) is 38.5 Å². The van der Waals surface area contributed by atoms with E-state index in [2.05, 4.69) is 26.0 Å². The fourth-order valence-corrected chi connectivity index (χ4v) is 6.91.